The van der Waals surface area contributed by atoms with Crippen molar-refractivity contribution < 1.29 is 14.4 Å². The van der Waals surface area contributed by atoms with Crippen molar-refractivity contribution in [2.45, 2.75) is 32.6 Å². The molecule has 19 heavy (non-hydrogen) atoms. The van der Waals surface area contributed by atoms with E-state index >= 15 is 0 Å². The average Bonchev–Trinajstić information content (AvgIpc) is 2.34. The summed E-state index contributed by atoms with van der Waals surface area (Å²) < 4.78 is 0. The molecule has 5 heteroatoms. The summed E-state index contributed by atoms with van der Waals surface area (Å²) in [4.78, 5) is 33.8. The number of nitrogens with one attached hydrogen (secondary N) is 2. The molecule has 0 unspecified atom stereocenters. The van der Waals surface area contributed by atoms with E-state index < -0.39 is 17.8 Å². The molecule has 4 amide bonds. The number of amides is 4. The Labute approximate surface area is 112 Å². The van der Waals surface area contributed by atoms with E-state index in [0.29, 0.717) is 5.92 Å². The molecule has 1 aliphatic heterocycles. The van der Waals surface area contributed by atoms with Crippen LogP contribution in [-0.2, 0) is 9.59 Å². The van der Waals surface area contributed by atoms with Gasteiger partial charge in [-0.2, -0.15) is 0 Å². The van der Waals surface area contributed by atoms with E-state index in [0.717, 1.165) is 18.8 Å². The Morgan fingerprint density at radius 2 is 1.58 bits per heavy atom. The lowest BCUT2D eigenvalue weighted by Gasteiger charge is -2.23. The Kier molecular flexibility index (Phi) is 4.14. The molecule has 0 spiro atoms. The summed E-state index contributed by atoms with van der Waals surface area (Å²) in [7, 11) is 0. The highest BCUT2D eigenvalue weighted by atomic mass is 16.2. The first kappa shape index (κ1) is 13.5. The zero-order valence-corrected chi connectivity index (χ0v) is 10.9. The van der Waals surface area contributed by atoms with Crippen LogP contribution in [0.15, 0.2) is 23.8 Å². The Bertz CT molecular complexity index is 435. The summed E-state index contributed by atoms with van der Waals surface area (Å²) in [5.74, 6) is 0.0274. The molecule has 1 saturated heterocycles. The fraction of sp³-hybridized carbons (Fsp3) is 0.500. The molecule has 2 fully saturated rings. The molecule has 5 nitrogen and oxygen atoms in total. The van der Waals surface area contributed by atoms with Crippen molar-refractivity contribution in [1.82, 2.24) is 10.6 Å². The van der Waals surface area contributed by atoms with Crippen LogP contribution in [0.5, 0.6) is 0 Å². The van der Waals surface area contributed by atoms with Crippen LogP contribution in [0.2, 0.25) is 0 Å². The van der Waals surface area contributed by atoms with Crippen molar-refractivity contribution in [3.8, 4) is 0 Å². The Hall–Kier alpha value is -1.91. The molecule has 0 aromatic rings. The van der Waals surface area contributed by atoms with Gasteiger partial charge in [0.1, 0.15) is 5.57 Å². The van der Waals surface area contributed by atoms with E-state index in [1.807, 2.05) is 16.7 Å². The molecule has 102 valence electrons. The summed E-state index contributed by atoms with van der Waals surface area (Å²) in [5.41, 5.74) is -0.0278. The van der Waals surface area contributed by atoms with Gasteiger partial charge < -0.3 is 0 Å². The predicted octanol–water partition coefficient (Wildman–Crippen LogP) is 1.66. The van der Waals surface area contributed by atoms with Gasteiger partial charge in [0.05, 0.1) is 0 Å². The normalized spacial score (nSPS) is 28.3. The molecule has 0 aromatic heterocycles. The first-order valence-corrected chi connectivity index (χ1v) is 6.61. The highest BCUT2D eigenvalue weighted by molar-refractivity contribution is 6.28. The van der Waals surface area contributed by atoms with Gasteiger partial charge in [-0.3, -0.25) is 20.2 Å². The Balaban J connectivity index is 1.96. The zero-order valence-electron chi connectivity index (χ0n) is 10.9. The van der Waals surface area contributed by atoms with Crippen molar-refractivity contribution >= 4 is 17.8 Å². The van der Waals surface area contributed by atoms with Crippen LogP contribution in [0.25, 0.3) is 0 Å². The van der Waals surface area contributed by atoms with Gasteiger partial charge in [-0.25, -0.2) is 4.79 Å². The van der Waals surface area contributed by atoms with Crippen LogP contribution >= 0.6 is 0 Å². The minimum Gasteiger partial charge on any atom is -0.273 e. The molecule has 1 aliphatic carbocycles. The van der Waals surface area contributed by atoms with Gasteiger partial charge in [0.15, 0.2) is 0 Å². The third-order valence-corrected chi connectivity index (χ3v) is 3.65. The predicted molar refractivity (Wildman–Crippen MR) is 70.0 cm³/mol. The zero-order chi connectivity index (χ0) is 13.8. The molecule has 1 heterocycles. The maximum Gasteiger partial charge on any atom is 0.328 e. The molecule has 0 bridgehead atoms. The molecule has 0 radical (unpaired) electrons. The van der Waals surface area contributed by atoms with Crippen LogP contribution in [-0.4, -0.2) is 17.8 Å². The number of rotatable bonds is 2. The SMILES string of the molecule is CC1CCC(/C=C/C=C2C(=O)NC(=O)NC2=O)CC1. The lowest BCUT2D eigenvalue weighted by molar-refractivity contribution is -0.124. The largest absolute Gasteiger partial charge is 0.328 e. The number of barbiturate groups is 1. The van der Waals surface area contributed by atoms with E-state index in [-0.39, 0.29) is 5.57 Å². The van der Waals surface area contributed by atoms with E-state index in [1.54, 1.807) is 6.08 Å². The van der Waals surface area contributed by atoms with E-state index in [2.05, 4.69) is 6.92 Å². The standard InChI is InChI=1S/C14H18N2O3/c1-9-5-7-10(8-6-9)3-2-4-11-12(17)15-14(19)16-13(11)18/h2-4,9-10H,5-8H2,1H3,(H2,15,16,17,18,19)/b3-2+. The molecular formula is C14H18N2O3. The van der Waals surface area contributed by atoms with Crippen LogP contribution in [0.4, 0.5) is 4.79 Å². The first-order valence-electron chi connectivity index (χ1n) is 6.61. The van der Waals surface area contributed by atoms with Gasteiger partial charge in [0.25, 0.3) is 11.8 Å². The van der Waals surface area contributed by atoms with E-state index in [9.17, 15) is 14.4 Å². The van der Waals surface area contributed by atoms with Gasteiger partial charge in [-0.1, -0.05) is 31.9 Å². The molecular weight excluding hydrogens is 244 g/mol. The number of carbonyl (C=O) groups excluding carboxylic acids is 3. The second-order valence-corrected chi connectivity index (χ2v) is 5.22. The lowest BCUT2D eigenvalue weighted by Crippen LogP contribution is -2.51. The number of hydrogen-bond acceptors (Lipinski definition) is 3. The number of allylic oxidation sites excluding steroid dienone is 3. The Morgan fingerprint density at radius 3 is 2.16 bits per heavy atom. The first-order chi connectivity index (χ1) is 9.06. The highest BCUT2D eigenvalue weighted by Crippen LogP contribution is 2.28. The molecule has 0 atom stereocenters. The maximum absolute atomic E-state index is 11.4. The second-order valence-electron chi connectivity index (χ2n) is 5.22. The van der Waals surface area contributed by atoms with Gasteiger partial charge in [0.2, 0.25) is 0 Å². The third kappa shape index (κ3) is 3.53. The van der Waals surface area contributed by atoms with Crippen molar-refractivity contribution in [1.29, 1.82) is 0 Å². The lowest BCUT2D eigenvalue weighted by atomic mass is 9.83. The molecule has 0 aromatic carbocycles. The van der Waals surface area contributed by atoms with Gasteiger partial charge in [-0.05, 0) is 30.8 Å². The van der Waals surface area contributed by atoms with Gasteiger partial charge in [-0.15, -0.1) is 0 Å². The van der Waals surface area contributed by atoms with Crippen molar-refractivity contribution in [3.63, 3.8) is 0 Å². The molecule has 1 saturated carbocycles. The minimum atomic E-state index is -0.766. The minimum absolute atomic E-state index is 0.0278. The maximum atomic E-state index is 11.4. The van der Waals surface area contributed by atoms with Crippen molar-refractivity contribution in [2.24, 2.45) is 11.8 Å². The summed E-state index contributed by atoms with van der Waals surface area (Å²) in [6, 6.07) is -0.766. The fourth-order valence-electron chi connectivity index (χ4n) is 2.41. The highest BCUT2D eigenvalue weighted by Gasteiger charge is 2.27. The number of hydrogen-bond donors (Lipinski definition) is 2. The van der Waals surface area contributed by atoms with Gasteiger partial charge in [0, 0.05) is 0 Å². The number of urea groups is 1. The van der Waals surface area contributed by atoms with Crippen molar-refractivity contribution in [3.05, 3.63) is 23.8 Å². The van der Waals surface area contributed by atoms with Crippen LogP contribution in [0.3, 0.4) is 0 Å². The molecule has 2 rings (SSSR count). The van der Waals surface area contributed by atoms with Crippen molar-refractivity contribution in [2.75, 3.05) is 0 Å². The summed E-state index contributed by atoms with van der Waals surface area (Å²) in [6.45, 7) is 2.26. The smallest absolute Gasteiger partial charge is 0.273 e. The van der Waals surface area contributed by atoms with Crippen LogP contribution in [0, 0.1) is 11.8 Å². The molecule has 2 N–H and O–H groups in total. The number of imide groups is 2. The quantitative estimate of drug-likeness (QED) is 0.587. The fourth-order valence-corrected chi connectivity index (χ4v) is 2.41. The average molecular weight is 262 g/mol. The summed E-state index contributed by atoms with van der Waals surface area (Å²) in [6.07, 6.45) is 9.99. The van der Waals surface area contributed by atoms with Crippen LogP contribution < -0.4 is 10.6 Å². The molecule has 2 aliphatic rings. The topological polar surface area (TPSA) is 75.3 Å². The Morgan fingerprint density at radius 1 is 1.00 bits per heavy atom. The summed E-state index contributed by atoms with van der Waals surface area (Å²) >= 11 is 0. The second kappa shape index (κ2) is 5.82. The monoisotopic (exact) mass is 262 g/mol. The third-order valence-electron chi connectivity index (χ3n) is 3.65. The van der Waals surface area contributed by atoms with E-state index in [1.165, 1.54) is 18.9 Å². The summed E-state index contributed by atoms with van der Waals surface area (Å²) in [5, 5.41) is 4.08. The van der Waals surface area contributed by atoms with Crippen LogP contribution in [0.1, 0.15) is 32.6 Å². The van der Waals surface area contributed by atoms with E-state index in [4.69, 9.17) is 0 Å². The van der Waals surface area contributed by atoms with Gasteiger partial charge >= 0.3 is 6.03 Å². The number of carbonyl (C=O) groups is 3.